The zero-order valence-corrected chi connectivity index (χ0v) is 17.6. The normalized spacial score (nSPS) is 29.0. The van der Waals surface area contributed by atoms with Gasteiger partial charge in [0.15, 0.2) is 5.69 Å². The van der Waals surface area contributed by atoms with Crippen molar-refractivity contribution >= 4 is 23.2 Å². The molecule has 4 saturated heterocycles. The van der Waals surface area contributed by atoms with E-state index in [2.05, 4.69) is 22.7 Å². The summed E-state index contributed by atoms with van der Waals surface area (Å²) in [6, 6.07) is 0.321. The maximum atomic E-state index is 13.4. The second-order valence-corrected chi connectivity index (χ2v) is 9.22. The molecule has 0 N–H and O–H groups in total. The number of thioether (sulfide) groups is 1. The maximum Gasteiger partial charge on any atom is 0.274 e. The zero-order valence-electron chi connectivity index (χ0n) is 16.8. The number of allylic oxidation sites excluding steroid dienone is 3. The smallest absolute Gasteiger partial charge is 0.274 e. The van der Waals surface area contributed by atoms with Gasteiger partial charge in [-0.1, -0.05) is 25.3 Å². The highest BCUT2D eigenvalue weighted by Gasteiger charge is 2.40. The van der Waals surface area contributed by atoms with Crippen LogP contribution in [0.2, 0.25) is 0 Å². The number of ether oxygens (including phenoxy) is 1. The van der Waals surface area contributed by atoms with Gasteiger partial charge in [0.25, 0.3) is 5.91 Å². The fourth-order valence-electron chi connectivity index (χ4n) is 5.14. The second-order valence-electron chi connectivity index (χ2n) is 8.21. The molecular formula is C22H28N4O2S. The number of nitrogens with zero attached hydrogens (tertiary/aromatic N) is 4. The van der Waals surface area contributed by atoms with Gasteiger partial charge in [-0.05, 0) is 31.8 Å². The molecule has 7 heteroatoms. The van der Waals surface area contributed by atoms with Gasteiger partial charge in [-0.15, -0.1) is 11.8 Å². The molecule has 1 unspecified atom stereocenters. The van der Waals surface area contributed by atoms with Crippen molar-refractivity contribution in [1.29, 1.82) is 0 Å². The highest BCUT2D eigenvalue weighted by molar-refractivity contribution is 8.02. The Labute approximate surface area is 176 Å². The van der Waals surface area contributed by atoms with Crippen molar-refractivity contribution in [3.63, 3.8) is 0 Å². The van der Waals surface area contributed by atoms with Gasteiger partial charge in [0, 0.05) is 41.4 Å². The zero-order chi connectivity index (χ0) is 20.0. The first-order valence-corrected chi connectivity index (χ1v) is 11.5. The monoisotopic (exact) mass is 412 g/mol. The van der Waals surface area contributed by atoms with Crippen LogP contribution in [-0.2, 0) is 10.5 Å². The molecule has 0 radical (unpaired) electrons. The van der Waals surface area contributed by atoms with E-state index in [1.807, 2.05) is 17.1 Å². The van der Waals surface area contributed by atoms with Gasteiger partial charge in [0.05, 0.1) is 24.9 Å². The number of piperidine rings is 3. The number of hydrogen-bond donors (Lipinski definition) is 0. The number of aromatic nitrogens is 2. The van der Waals surface area contributed by atoms with E-state index in [0.29, 0.717) is 44.0 Å². The molecule has 4 fully saturated rings. The lowest BCUT2D eigenvalue weighted by Crippen LogP contribution is -2.48. The standard InChI is InChI=1S/C22H28N4O2S/c1-3-16-19(4-2)29-14-17-20(22(27)25-9-11-28-12-10-25)23-26(21(16)17)18-13-24-7-5-15(18)6-8-24/h3-4,15,18H,1-2,5-14H2. The van der Waals surface area contributed by atoms with Crippen molar-refractivity contribution in [2.45, 2.75) is 24.6 Å². The molecule has 154 valence electrons. The van der Waals surface area contributed by atoms with Crippen molar-refractivity contribution in [2.75, 3.05) is 45.9 Å². The molecule has 1 atom stereocenters. The first-order valence-electron chi connectivity index (χ1n) is 10.5. The first-order chi connectivity index (χ1) is 14.2. The van der Waals surface area contributed by atoms with Gasteiger partial charge < -0.3 is 14.5 Å². The second kappa shape index (κ2) is 7.78. The number of amides is 1. The Hall–Kier alpha value is -1.83. The van der Waals surface area contributed by atoms with Crippen molar-refractivity contribution in [1.82, 2.24) is 19.6 Å². The third-order valence-corrected chi connectivity index (χ3v) is 7.86. The Kier molecular flexibility index (Phi) is 5.14. The van der Waals surface area contributed by atoms with Crippen LogP contribution in [0.4, 0.5) is 0 Å². The summed E-state index contributed by atoms with van der Waals surface area (Å²) in [5.74, 6) is 1.42. The van der Waals surface area contributed by atoms with Crippen LogP contribution in [-0.4, -0.2) is 71.4 Å². The van der Waals surface area contributed by atoms with Crippen LogP contribution >= 0.6 is 11.8 Å². The third-order valence-electron chi connectivity index (χ3n) is 6.73. The van der Waals surface area contributed by atoms with E-state index in [0.717, 1.165) is 34.0 Å². The molecule has 0 aromatic carbocycles. The molecule has 2 bridgehead atoms. The minimum absolute atomic E-state index is 0.0376. The Bertz CT molecular complexity index is 876. The number of rotatable bonds is 4. The van der Waals surface area contributed by atoms with Crippen LogP contribution in [0.15, 0.2) is 30.2 Å². The predicted molar refractivity (Wildman–Crippen MR) is 116 cm³/mol. The van der Waals surface area contributed by atoms with E-state index in [4.69, 9.17) is 9.84 Å². The Morgan fingerprint density at radius 3 is 2.52 bits per heavy atom. The molecule has 6 heterocycles. The number of carbonyl (C=O) groups excluding carboxylic acids is 1. The van der Waals surface area contributed by atoms with Crippen molar-refractivity contribution in [3.8, 4) is 0 Å². The average molecular weight is 413 g/mol. The lowest BCUT2D eigenvalue weighted by atomic mass is 9.84. The van der Waals surface area contributed by atoms with E-state index in [1.165, 1.54) is 25.9 Å². The maximum absolute atomic E-state index is 13.4. The van der Waals surface area contributed by atoms with Crippen LogP contribution in [0.1, 0.15) is 40.6 Å². The van der Waals surface area contributed by atoms with Gasteiger partial charge in [0.1, 0.15) is 0 Å². The SMILES string of the molecule is C=CC1=C(C=C)c2c(c(C(=O)N3CCOCC3)nn2C2CN3CCC2CC3)CS1. The Morgan fingerprint density at radius 2 is 1.90 bits per heavy atom. The molecule has 1 aromatic heterocycles. The molecule has 0 spiro atoms. The fourth-order valence-corrected chi connectivity index (χ4v) is 6.17. The highest BCUT2D eigenvalue weighted by atomic mass is 32.2. The number of fused-ring (bicyclic) bond motifs is 4. The fraction of sp³-hybridized carbons (Fsp3) is 0.545. The Morgan fingerprint density at radius 1 is 1.14 bits per heavy atom. The minimum Gasteiger partial charge on any atom is -0.378 e. The molecule has 6 nitrogen and oxygen atoms in total. The average Bonchev–Trinajstić information content (AvgIpc) is 3.18. The molecular weight excluding hydrogens is 384 g/mol. The van der Waals surface area contributed by atoms with Crippen LogP contribution in [0, 0.1) is 5.92 Å². The molecule has 1 aromatic rings. The lowest BCUT2D eigenvalue weighted by molar-refractivity contribution is 0.0293. The predicted octanol–water partition coefficient (Wildman–Crippen LogP) is 2.95. The topological polar surface area (TPSA) is 50.6 Å². The molecule has 6 rings (SSSR count). The lowest BCUT2D eigenvalue weighted by Gasteiger charge is -2.45. The summed E-state index contributed by atoms with van der Waals surface area (Å²) >= 11 is 1.72. The van der Waals surface area contributed by atoms with Gasteiger partial charge >= 0.3 is 0 Å². The molecule has 5 aliphatic heterocycles. The summed E-state index contributed by atoms with van der Waals surface area (Å²) in [5, 5.41) is 5.00. The van der Waals surface area contributed by atoms with Gasteiger partial charge in [-0.3, -0.25) is 9.48 Å². The first kappa shape index (κ1) is 19.2. The largest absolute Gasteiger partial charge is 0.378 e. The molecule has 29 heavy (non-hydrogen) atoms. The van der Waals surface area contributed by atoms with Crippen LogP contribution in [0.3, 0.4) is 0 Å². The summed E-state index contributed by atoms with van der Waals surface area (Å²) in [6.07, 6.45) is 6.23. The quantitative estimate of drug-likeness (QED) is 0.761. The molecule has 1 amide bonds. The Balaban J connectivity index is 1.62. The van der Waals surface area contributed by atoms with Crippen LogP contribution in [0.5, 0.6) is 0 Å². The van der Waals surface area contributed by atoms with Gasteiger partial charge in [-0.25, -0.2) is 0 Å². The molecule has 0 saturated carbocycles. The third kappa shape index (κ3) is 3.20. The molecule has 5 aliphatic rings. The summed E-state index contributed by atoms with van der Waals surface area (Å²) in [5.41, 5.74) is 3.83. The summed E-state index contributed by atoms with van der Waals surface area (Å²) in [4.78, 5) is 18.9. The van der Waals surface area contributed by atoms with Gasteiger partial charge in [-0.2, -0.15) is 5.10 Å². The van der Waals surface area contributed by atoms with E-state index in [1.54, 1.807) is 11.8 Å². The number of morpholine rings is 1. The summed E-state index contributed by atoms with van der Waals surface area (Å²) < 4.78 is 7.61. The van der Waals surface area contributed by atoms with Crippen LogP contribution in [0.25, 0.3) is 5.57 Å². The van der Waals surface area contributed by atoms with E-state index >= 15 is 0 Å². The van der Waals surface area contributed by atoms with E-state index < -0.39 is 0 Å². The van der Waals surface area contributed by atoms with Crippen LogP contribution < -0.4 is 0 Å². The summed E-state index contributed by atoms with van der Waals surface area (Å²) in [6.45, 7) is 13.9. The number of hydrogen-bond acceptors (Lipinski definition) is 5. The van der Waals surface area contributed by atoms with Crippen molar-refractivity contribution in [3.05, 3.63) is 47.2 Å². The van der Waals surface area contributed by atoms with Gasteiger partial charge in [0.2, 0.25) is 0 Å². The highest BCUT2D eigenvalue weighted by Crippen LogP contribution is 2.44. The summed E-state index contributed by atoms with van der Waals surface area (Å²) in [7, 11) is 0. The molecule has 0 aliphatic carbocycles. The van der Waals surface area contributed by atoms with Crippen molar-refractivity contribution < 1.29 is 9.53 Å². The van der Waals surface area contributed by atoms with E-state index in [9.17, 15) is 4.79 Å². The minimum atomic E-state index is 0.0376. The van der Waals surface area contributed by atoms with E-state index in [-0.39, 0.29) is 5.91 Å². The van der Waals surface area contributed by atoms with Crippen molar-refractivity contribution in [2.24, 2.45) is 5.92 Å². The number of carbonyl (C=O) groups is 1.